The largest absolute Gasteiger partial charge is 0.493 e. The molecular weight excluding hydrogens is 755 g/mol. The van der Waals surface area contributed by atoms with Crippen molar-refractivity contribution in [3.05, 3.63) is 23.8 Å². The maximum Gasteiger partial charge on any atom is 0.312 e. The lowest BCUT2D eigenvalue weighted by Gasteiger charge is -2.35. The van der Waals surface area contributed by atoms with Crippen molar-refractivity contribution in [1.29, 1.82) is 0 Å². The quantitative estimate of drug-likeness (QED) is 0.0364. The van der Waals surface area contributed by atoms with Crippen molar-refractivity contribution >= 4 is 17.9 Å². The van der Waals surface area contributed by atoms with Gasteiger partial charge in [0.25, 0.3) is 0 Å². The smallest absolute Gasteiger partial charge is 0.312 e. The molecule has 0 N–H and O–H groups in total. The highest BCUT2D eigenvalue weighted by atomic mass is 16.5. The number of ether oxygens (including phenoxy) is 5. The average Bonchev–Trinajstić information content (AvgIpc) is 3.24. The fourth-order valence-electron chi connectivity index (χ4n) is 7.68. The molecule has 0 bridgehead atoms. The van der Waals surface area contributed by atoms with E-state index in [0.29, 0.717) is 39.3 Å². The number of carbonyl (C=O) groups is 3. The molecule has 1 fully saturated rings. The zero-order valence-corrected chi connectivity index (χ0v) is 39.1. The molecule has 1 heterocycles. The lowest BCUT2D eigenvalue weighted by Crippen LogP contribution is -2.41. The molecule has 2 rings (SSSR count). The molecule has 0 aliphatic carbocycles. The second-order valence-electron chi connectivity index (χ2n) is 17.8. The van der Waals surface area contributed by atoms with Crippen LogP contribution in [0.3, 0.4) is 0 Å². The van der Waals surface area contributed by atoms with E-state index in [0.717, 1.165) is 146 Å². The molecule has 1 aliphatic heterocycles. The SMILES string of the molecule is CCCCCCCCCC(=O)OCCCCCCCCOc1ccc(COC(=O)C2(C)CCN(C)CC2)c(OCCCCCCCCOC(=O)CCCCCCCCC)c1. The van der Waals surface area contributed by atoms with E-state index in [9.17, 15) is 14.4 Å². The van der Waals surface area contributed by atoms with Gasteiger partial charge in [0.15, 0.2) is 0 Å². The molecule has 1 aliphatic rings. The van der Waals surface area contributed by atoms with Gasteiger partial charge in [0.05, 0.1) is 31.8 Å². The van der Waals surface area contributed by atoms with Crippen molar-refractivity contribution in [2.24, 2.45) is 5.41 Å². The minimum Gasteiger partial charge on any atom is -0.493 e. The predicted molar refractivity (Wildman–Crippen MR) is 245 cm³/mol. The van der Waals surface area contributed by atoms with Gasteiger partial charge in [-0.3, -0.25) is 14.4 Å². The summed E-state index contributed by atoms with van der Waals surface area (Å²) >= 11 is 0. The standard InChI is InChI=1S/C51H89NO8/c1-5-7-9-11-13-19-25-31-48(53)58-41-29-23-17-15-21-27-39-56-46-34-33-45(44-60-50(55)51(3)35-37-52(4)38-36-51)47(43-46)57-40-28-22-16-18-24-30-42-59-49(54)32-26-20-14-12-10-8-6-2/h33-34,43H,5-32,35-42,44H2,1-4H3. The van der Waals surface area contributed by atoms with Crippen molar-refractivity contribution in [3.8, 4) is 11.5 Å². The maximum atomic E-state index is 13.2. The molecule has 0 saturated carbocycles. The fourth-order valence-corrected chi connectivity index (χ4v) is 7.68. The van der Waals surface area contributed by atoms with Gasteiger partial charge in [0.2, 0.25) is 0 Å². The van der Waals surface area contributed by atoms with Crippen LogP contribution in [0.2, 0.25) is 0 Å². The Morgan fingerprint density at radius 3 is 1.43 bits per heavy atom. The molecule has 0 amide bonds. The molecule has 1 aromatic rings. The number of piperidine rings is 1. The van der Waals surface area contributed by atoms with Crippen molar-refractivity contribution in [2.75, 3.05) is 46.6 Å². The molecule has 0 unspecified atom stereocenters. The Morgan fingerprint density at radius 2 is 0.950 bits per heavy atom. The van der Waals surface area contributed by atoms with Crippen molar-refractivity contribution < 1.29 is 38.1 Å². The van der Waals surface area contributed by atoms with Gasteiger partial charge in [-0.05, 0) is 90.6 Å². The van der Waals surface area contributed by atoms with E-state index in [-0.39, 0.29) is 24.5 Å². The van der Waals surface area contributed by atoms with Crippen LogP contribution in [-0.2, 0) is 35.2 Å². The Kier molecular flexibility index (Phi) is 31.8. The summed E-state index contributed by atoms with van der Waals surface area (Å²) in [5.41, 5.74) is 0.405. The number of unbranched alkanes of at least 4 members (excludes halogenated alkanes) is 22. The molecule has 0 spiro atoms. The number of carbonyl (C=O) groups excluding carboxylic acids is 3. The third kappa shape index (κ3) is 27.2. The van der Waals surface area contributed by atoms with Crippen LogP contribution in [0.5, 0.6) is 11.5 Å². The van der Waals surface area contributed by atoms with Gasteiger partial charge in [0, 0.05) is 24.5 Å². The molecule has 1 aromatic carbocycles. The monoisotopic (exact) mass is 844 g/mol. The highest BCUT2D eigenvalue weighted by molar-refractivity contribution is 5.76. The summed E-state index contributed by atoms with van der Waals surface area (Å²) in [6, 6.07) is 5.87. The number of hydrogen-bond donors (Lipinski definition) is 0. The van der Waals surface area contributed by atoms with E-state index in [4.69, 9.17) is 23.7 Å². The van der Waals surface area contributed by atoms with Crippen LogP contribution >= 0.6 is 0 Å². The first-order valence-electron chi connectivity index (χ1n) is 24.8. The average molecular weight is 844 g/mol. The van der Waals surface area contributed by atoms with Crippen LogP contribution in [-0.4, -0.2) is 69.4 Å². The topological polar surface area (TPSA) is 101 Å². The van der Waals surface area contributed by atoms with Gasteiger partial charge >= 0.3 is 17.9 Å². The first-order valence-corrected chi connectivity index (χ1v) is 24.8. The molecule has 0 atom stereocenters. The predicted octanol–water partition coefficient (Wildman–Crippen LogP) is 13.3. The Balaban J connectivity index is 1.64. The Hall–Kier alpha value is -2.81. The number of nitrogens with zero attached hydrogens (tertiary/aromatic N) is 1. The minimum atomic E-state index is -0.453. The summed E-state index contributed by atoms with van der Waals surface area (Å²) in [6.07, 6.45) is 32.2. The fraction of sp³-hybridized carbons (Fsp3) is 0.824. The van der Waals surface area contributed by atoms with Crippen molar-refractivity contribution in [1.82, 2.24) is 4.90 Å². The van der Waals surface area contributed by atoms with Crippen LogP contribution in [0.15, 0.2) is 18.2 Å². The summed E-state index contributed by atoms with van der Waals surface area (Å²) in [5, 5.41) is 0. The highest BCUT2D eigenvalue weighted by Crippen LogP contribution is 2.33. The van der Waals surface area contributed by atoms with E-state index in [1.807, 2.05) is 25.1 Å². The van der Waals surface area contributed by atoms with Gasteiger partial charge in [0.1, 0.15) is 18.1 Å². The lowest BCUT2D eigenvalue weighted by atomic mass is 9.80. The summed E-state index contributed by atoms with van der Waals surface area (Å²) in [7, 11) is 2.10. The molecule has 346 valence electrons. The molecule has 60 heavy (non-hydrogen) atoms. The highest BCUT2D eigenvalue weighted by Gasteiger charge is 2.37. The van der Waals surface area contributed by atoms with Gasteiger partial charge in [-0.25, -0.2) is 0 Å². The first kappa shape index (κ1) is 53.3. The van der Waals surface area contributed by atoms with E-state index in [2.05, 4.69) is 25.8 Å². The maximum absolute atomic E-state index is 13.2. The van der Waals surface area contributed by atoms with Gasteiger partial charge in [-0.15, -0.1) is 0 Å². The lowest BCUT2D eigenvalue weighted by molar-refractivity contribution is -0.159. The third-order valence-electron chi connectivity index (χ3n) is 12.1. The summed E-state index contributed by atoms with van der Waals surface area (Å²) in [6.45, 7) is 10.8. The van der Waals surface area contributed by atoms with Crippen molar-refractivity contribution in [2.45, 2.75) is 220 Å². The Labute approximate surface area is 367 Å². The zero-order chi connectivity index (χ0) is 43.4. The van der Waals surface area contributed by atoms with Crippen molar-refractivity contribution in [3.63, 3.8) is 0 Å². The van der Waals surface area contributed by atoms with Crippen LogP contribution in [0.4, 0.5) is 0 Å². The number of hydrogen-bond acceptors (Lipinski definition) is 9. The van der Waals surface area contributed by atoms with Gasteiger partial charge in [-0.1, -0.05) is 142 Å². The molecular formula is C51H89NO8. The molecule has 9 heteroatoms. The van der Waals surface area contributed by atoms with E-state index < -0.39 is 5.41 Å². The van der Waals surface area contributed by atoms with Gasteiger partial charge < -0.3 is 28.6 Å². The third-order valence-corrected chi connectivity index (χ3v) is 12.1. The number of likely N-dealkylation sites (tertiary alicyclic amines) is 1. The Bertz CT molecular complexity index is 1230. The summed E-state index contributed by atoms with van der Waals surface area (Å²) in [5.74, 6) is 1.26. The molecule has 1 saturated heterocycles. The van der Waals surface area contributed by atoms with Crippen LogP contribution < -0.4 is 9.47 Å². The number of rotatable bonds is 39. The Morgan fingerprint density at radius 1 is 0.533 bits per heavy atom. The molecule has 0 aromatic heterocycles. The second-order valence-corrected chi connectivity index (χ2v) is 17.8. The van der Waals surface area contributed by atoms with E-state index in [1.54, 1.807) is 0 Å². The minimum absolute atomic E-state index is 0.0434. The van der Waals surface area contributed by atoms with E-state index in [1.165, 1.54) is 64.2 Å². The van der Waals surface area contributed by atoms with Crippen LogP contribution in [0.25, 0.3) is 0 Å². The number of benzene rings is 1. The van der Waals surface area contributed by atoms with E-state index >= 15 is 0 Å². The second kappa shape index (κ2) is 35.8. The zero-order valence-electron chi connectivity index (χ0n) is 39.1. The number of esters is 3. The first-order chi connectivity index (χ1) is 29.3. The molecule has 0 radical (unpaired) electrons. The van der Waals surface area contributed by atoms with Gasteiger partial charge in [-0.2, -0.15) is 0 Å². The summed E-state index contributed by atoms with van der Waals surface area (Å²) < 4.78 is 29.3. The molecule has 9 nitrogen and oxygen atoms in total. The summed E-state index contributed by atoms with van der Waals surface area (Å²) in [4.78, 5) is 39.5. The van der Waals surface area contributed by atoms with Crippen LogP contribution in [0, 0.1) is 5.41 Å². The van der Waals surface area contributed by atoms with Crippen LogP contribution in [0.1, 0.15) is 219 Å². The normalized spacial score (nSPS) is 13.9.